The molecular weight excluding hydrogens is 525 g/mol. The van der Waals surface area contributed by atoms with E-state index in [9.17, 15) is 0 Å². The Morgan fingerprint density at radius 1 is 1.05 bits per heavy atom. The van der Waals surface area contributed by atoms with Crippen LogP contribution in [-0.4, -0.2) is 68.6 Å². The van der Waals surface area contributed by atoms with Crippen LogP contribution < -0.4 is 5.32 Å². The summed E-state index contributed by atoms with van der Waals surface area (Å²) >= 11 is 6.87. The maximum Gasteiger partial charge on any atom is 0.151 e. The summed E-state index contributed by atoms with van der Waals surface area (Å²) in [7, 11) is 0. The SMILES string of the molecule is CCN1CCN(C/C(C=C(C)C)=C(Cl)/C=C(\C)Nc2cc(-c3cc(F)c4nc(C)n(C(C)C)c4c3)ncn2)CC1. The van der Waals surface area contributed by atoms with Crippen molar-refractivity contribution in [1.29, 1.82) is 0 Å². The number of hydrogen-bond donors (Lipinski definition) is 1. The monoisotopic (exact) mass is 565 g/mol. The van der Waals surface area contributed by atoms with Crippen molar-refractivity contribution in [1.82, 2.24) is 29.3 Å². The number of likely N-dealkylation sites (N-methyl/N-ethyl adjacent to an activating group) is 1. The van der Waals surface area contributed by atoms with E-state index in [2.05, 4.69) is 70.8 Å². The number of piperazine rings is 1. The molecule has 214 valence electrons. The van der Waals surface area contributed by atoms with Gasteiger partial charge in [-0.25, -0.2) is 19.3 Å². The first-order valence-electron chi connectivity index (χ1n) is 14.0. The van der Waals surface area contributed by atoms with Crippen LogP contribution in [0.4, 0.5) is 10.2 Å². The van der Waals surface area contributed by atoms with Crippen molar-refractivity contribution in [2.45, 2.75) is 54.5 Å². The number of imidazole rings is 1. The summed E-state index contributed by atoms with van der Waals surface area (Å²) in [4.78, 5) is 18.2. The Morgan fingerprint density at radius 2 is 1.75 bits per heavy atom. The molecule has 1 fully saturated rings. The lowest BCUT2D eigenvalue weighted by Gasteiger charge is -2.34. The molecule has 0 aliphatic carbocycles. The standard InChI is InChI=1S/C31H41ClFN7/c1-8-38-9-11-39(12-10-38)18-25(13-20(2)3)26(32)14-22(6)36-30-17-28(34-19-35-30)24-15-27(33)31-29(16-24)40(21(4)5)23(7)37-31/h13-17,19,21H,8-12,18H2,1-7H3,(H,34,35,36)/b22-14+,26-25-. The van der Waals surface area contributed by atoms with Crippen molar-refractivity contribution in [3.05, 3.63) is 70.2 Å². The third kappa shape index (κ3) is 7.16. The quantitative estimate of drug-likeness (QED) is 0.284. The molecule has 0 radical (unpaired) electrons. The Balaban J connectivity index is 1.57. The highest BCUT2D eigenvalue weighted by Crippen LogP contribution is 2.29. The van der Waals surface area contributed by atoms with Gasteiger partial charge in [-0.15, -0.1) is 0 Å². The molecule has 3 aromatic rings. The lowest BCUT2D eigenvalue weighted by atomic mass is 10.1. The third-order valence-corrected chi connectivity index (χ3v) is 7.50. The molecule has 40 heavy (non-hydrogen) atoms. The third-order valence-electron chi connectivity index (χ3n) is 7.15. The number of aromatic nitrogens is 4. The van der Waals surface area contributed by atoms with Gasteiger partial charge < -0.3 is 14.8 Å². The van der Waals surface area contributed by atoms with Gasteiger partial charge in [-0.2, -0.15) is 0 Å². The molecule has 1 aliphatic heterocycles. The minimum Gasteiger partial charge on any atom is -0.344 e. The maximum atomic E-state index is 15.0. The molecular formula is C31H41ClFN7. The number of rotatable bonds is 9. The van der Waals surface area contributed by atoms with E-state index in [0.717, 1.165) is 61.9 Å². The number of allylic oxidation sites excluding steroid dienone is 4. The summed E-state index contributed by atoms with van der Waals surface area (Å²) in [5.41, 5.74) is 5.58. The number of aryl methyl sites for hydroxylation is 1. The van der Waals surface area contributed by atoms with E-state index in [4.69, 9.17) is 11.6 Å². The van der Waals surface area contributed by atoms with E-state index in [1.165, 1.54) is 18.0 Å². The molecule has 4 rings (SSSR count). The fourth-order valence-electron chi connectivity index (χ4n) is 5.22. The van der Waals surface area contributed by atoms with Gasteiger partial charge in [0.15, 0.2) is 5.82 Å². The summed E-state index contributed by atoms with van der Waals surface area (Å²) in [5.74, 6) is 1.03. The summed E-state index contributed by atoms with van der Waals surface area (Å²) in [6.07, 6.45) is 5.59. The number of nitrogens with zero attached hydrogens (tertiary/aromatic N) is 6. The number of halogens is 2. The van der Waals surface area contributed by atoms with E-state index >= 15 is 4.39 Å². The van der Waals surface area contributed by atoms with Gasteiger partial charge in [0.25, 0.3) is 0 Å². The minimum absolute atomic E-state index is 0.157. The topological polar surface area (TPSA) is 62.1 Å². The van der Waals surface area contributed by atoms with E-state index in [1.54, 1.807) is 0 Å². The first-order valence-corrected chi connectivity index (χ1v) is 14.4. The predicted octanol–water partition coefficient (Wildman–Crippen LogP) is 6.93. The second-order valence-electron chi connectivity index (χ2n) is 11.0. The number of benzene rings is 1. The van der Waals surface area contributed by atoms with Crippen LogP contribution in [-0.2, 0) is 0 Å². The van der Waals surface area contributed by atoms with Crippen molar-refractivity contribution in [2.75, 3.05) is 44.6 Å². The molecule has 0 amide bonds. The van der Waals surface area contributed by atoms with E-state index < -0.39 is 0 Å². The van der Waals surface area contributed by atoms with Gasteiger partial charge in [-0.05, 0) is 71.9 Å². The highest BCUT2D eigenvalue weighted by Gasteiger charge is 2.18. The molecule has 1 aliphatic rings. The predicted molar refractivity (Wildman–Crippen MR) is 164 cm³/mol. The fraction of sp³-hybridized carbons (Fsp3) is 0.452. The Morgan fingerprint density at radius 3 is 2.40 bits per heavy atom. The van der Waals surface area contributed by atoms with Gasteiger partial charge in [0.1, 0.15) is 23.5 Å². The summed E-state index contributed by atoms with van der Waals surface area (Å²) < 4.78 is 17.1. The van der Waals surface area contributed by atoms with Gasteiger partial charge in [-0.3, -0.25) is 4.90 Å². The Labute approximate surface area is 242 Å². The zero-order chi connectivity index (χ0) is 29.0. The van der Waals surface area contributed by atoms with E-state index in [1.807, 2.05) is 36.6 Å². The zero-order valence-corrected chi connectivity index (χ0v) is 25.5. The maximum absolute atomic E-state index is 15.0. The van der Waals surface area contributed by atoms with Crippen LogP contribution in [0.25, 0.3) is 22.3 Å². The molecule has 0 atom stereocenters. The van der Waals surface area contributed by atoms with Gasteiger partial charge >= 0.3 is 0 Å². The fourth-order valence-corrected chi connectivity index (χ4v) is 5.49. The molecule has 0 saturated carbocycles. The van der Waals surface area contributed by atoms with Crippen molar-refractivity contribution >= 4 is 28.5 Å². The highest BCUT2D eigenvalue weighted by molar-refractivity contribution is 6.31. The smallest absolute Gasteiger partial charge is 0.151 e. The van der Waals surface area contributed by atoms with Crippen molar-refractivity contribution in [3.63, 3.8) is 0 Å². The number of fused-ring (bicyclic) bond motifs is 1. The normalized spacial score (nSPS) is 16.0. The molecule has 2 aromatic heterocycles. The van der Waals surface area contributed by atoms with Crippen LogP contribution in [0.15, 0.2) is 58.6 Å². The first kappa shape index (κ1) is 29.9. The average Bonchev–Trinajstić information content (AvgIpc) is 3.25. The summed E-state index contributed by atoms with van der Waals surface area (Å²) in [6.45, 7) is 20.5. The van der Waals surface area contributed by atoms with Crippen LogP contribution in [0.3, 0.4) is 0 Å². The first-order chi connectivity index (χ1) is 19.0. The highest BCUT2D eigenvalue weighted by atomic mass is 35.5. The molecule has 0 spiro atoms. The second kappa shape index (κ2) is 13.1. The Kier molecular flexibility index (Phi) is 9.77. The molecule has 0 bridgehead atoms. The summed E-state index contributed by atoms with van der Waals surface area (Å²) in [5, 5.41) is 4.03. The van der Waals surface area contributed by atoms with E-state index in [0.29, 0.717) is 27.6 Å². The number of nitrogens with one attached hydrogen (secondary N) is 1. The number of hydrogen-bond acceptors (Lipinski definition) is 6. The van der Waals surface area contributed by atoms with E-state index in [-0.39, 0.29) is 11.9 Å². The Hall–Kier alpha value is -3.07. The van der Waals surface area contributed by atoms with Crippen molar-refractivity contribution < 1.29 is 4.39 Å². The molecule has 3 heterocycles. The summed E-state index contributed by atoms with van der Waals surface area (Å²) in [6, 6.07) is 5.41. The molecule has 1 N–H and O–H groups in total. The number of anilines is 1. The van der Waals surface area contributed by atoms with Crippen LogP contribution in [0.1, 0.15) is 53.4 Å². The second-order valence-corrected chi connectivity index (χ2v) is 11.4. The van der Waals surface area contributed by atoms with Crippen LogP contribution >= 0.6 is 11.6 Å². The van der Waals surface area contributed by atoms with Crippen LogP contribution in [0, 0.1) is 12.7 Å². The molecule has 1 saturated heterocycles. The lowest BCUT2D eigenvalue weighted by molar-refractivity contribution is 0.146. The van der Waals surface area contributed by atoms with Crippen molar-refractivity contribution in [2.24, 2.45) is 0 Å². The Bertz CT molecular complexity index is 1440. The minimum atomic E-state index is -0.362. The molecule has 9 heteroatoms. The molecule has 1 aromatic carbocycles. The van der Waals surface area contributed by atoms with Crippen LogP contribution in [0.2, 0.25) is 0 Å². The van der Waals surface area contributed by atoms with Gasteiger partial charge in [0, 0.05) is 61.1 Å². The van der Waals surface area contributed by atoms with Gasteiger partial charge in [0.2, 0.25) is 0 Å². The largest absolute Gasteiger partial charge is 0.344 e. The molecule has 7 nitrogen and oxygen atoms in total. The average molecular weight is 566 g/mol. The van der Waals surface area contributed by atoms with Crippen LogP contribution in [0.5, 0.6) is 0 Å². The van der Waals surface area contributed by atoms with Gasteiger partial charge in [-0.1, -0.05) is 30.2 Å². The molecule has 0 unspecified atom stereocenters. The van der Waals surface area contributed by atoms with Gasteiger partial charge in [0.05, 0.1) is 11.2 Å². The van der Waals surface area contributed by atoms with Crippen molar-refractivity contribution in [3.8, 4) is 11.3 Å². The zero-order valence-electron chi connectivity index (χ0n) is 24.7. The lowest BCUT2D eigenvalue weighted by Crippen LogP contribution is -2.46.